The minimum absolute atomic E-state index is 0.0445. The Labute approximate surface area is 114 Å². The fraction of sp³-hybridized carbons (Fsp3) is 0.308. The molecule has 2 aromatic rings. The molecule has 0 aliphatic heterocycles. The monoisotopic (exact) mass is 277 g/mol. The topological polar surface area (TPSA) is 104 Å². The van der Waals surface area contributed by atoms with Crippen molar-refractivity contribution in [2.45, 2.75) is 19.8 Å². The van der Waals surface area contributed by atoms with E-state index in [1.165, 1.54) is 0 Å². The van der Waals surface area contributed by atoms with E-state index in [0.717, 1.165) is 0 Å². The van der Waals surface area contributed by atoms with Crippen molar-refractivity contribution < 1.29 is 14.3 Å². The van der Waals surface area contributed by atoms with E-state index < -0.39 is 5.97 Å². The van der Waals surface area contributed by atoms with Crippen LogP contribution in [0.25, 0.3) is 11.0 Å². The lowest BCUT2D eigenvalue weighted by Gasteiger charge is -2.05. The summed E-state index contributed by atoms with van der Waals surface area (Å²) < 4.78 is 4.74. The number of hydrogen-bond acceptors (Lipinski definition) is 4. The van der Waals surface area contributed by atoms with E-state index in [1.54, 1.807) is 25.1 Å². The Balaban J connectivity index is 1.95. The van der Waals surface area contributed by atoms with Crippen molar-refractivity contribution in [2.75, 3.05) is 11.9 Å². The maximum atomic E-state index is 11.7. The third-order valence-electron chi connectivity index (χ3n) is 2.66. The first-order valence-corrected chi connectivity index (χ1v) is 6.26. The van der Waals surface area contributed by atoms with Crippen LogP contribution >= 0.6 is 0 Å². The maximum absolute atomic E-state index is 11.7. The largest absolute Gasteiger partial charge is 0.466 e. The average Bonchev–Trinajstić information content (AvgIpc) is 2.76. The summed E-state index contributed by atoms with van der Waals surface area (Å²) in [6.07, 6.45) is 0.101. The van der Waals surface area contributed by atoms with Crippen LogP contribution in [0.3, 0.4) is 0 Å². The highest BCUT2D eigenvalue weighted by atomic mass is 16.5. The summed E-state index contributed by atoms with van der Waals surface area (Å²) in [5, 5.41) is 2.66. The molecule has 1 amide bonds. The maximum Gasteiger partial charge on any atom is 0.323 e. The Morgan fingerprint density at radius 3 is 2.70 bits per heavy atom. The quantitative estimate of drug-likeness (QED) is 0.713. The van der Waals surface area contributed by atoms with Crippen LogP contribution in [0.1, 0.15) is 19.8 Å². The zero-order valence-corrected chi connectivity index (χ0v) is 11.0. The van der Waals surface area contributed by atoms with E-state index in [0.29, 0.717) is 23.3 Å². The molecule has 0 fully saturated rings. The number of H-pyrrole nitrogens is 2. The van der Waals surface area contributed by atoms with Gasteiger partial charge in [-0.1, -0.05) is 0 Å². The first-order chi connectivity index (χ1) is 9.58. The molecule has 1 heterocycles. The highest BCUT2D eigenvalue weighted by Gasteiger charge is 2.08. The molecule has 1 aromatic heterocycles. The minimum atomic E-state index is -0.395. The van der Waals surface area contributed by atoms with Gasteiger partial charge in [0, 0.05) is 12.1 Å². The van der Waals surface area contributed by atoms with Crippen LogP contribution in [-0.4, -0.2) is 28.5 Å². The molecular weight excluding hydrogens is 262 g/mol. The van der Waals surface area contributed by atoms with Gasteiger partial charge in [0.15, 0.2) is 0 Å². The molecule has 20 heavy (non-hydrogen) atoms. The van der Waals surface area contributed by atoms with Crippen molar-refractivity contribution in [3.05, 3.63) is 28.7 Å². The van der Waals surface area contributed by atoms with Crippen molar-refractivity contribution in [3.63, 3.8) is 0 Å². The smallest absolute Gasteiger partial charge is 0.323 e. The number of esters is 1. The molecule has 106 valence electrons. The number of hydrogen-bond donors (Lipinski definition) is 3. The fourth-order valence-electron chi connectivity index (χ4n) is 1.78. The van der Waals surface area contributed by atoms with Crippen LogP contribution in [0.5, 0.6) is 0 Å². The van der Waals surface area contributed by atoms with Gasteiger partial charge < -0.3 is 20.0 Å². The van der Waals surface area contributed by atoms with Gasteiger partial charge in [-0.3, -0.25) is 9.59 Å². The van der Waals surface area contributed by atoms with Crippen LogP contribution in [0, 0.1) is 0 Å². The Bertz CT molecular complexity index is 686. The Hall–Kier alpha value is -2.57. The third-order valence-corrected chi connectivity index (χ3v) is 2.66. The highest BCUT2D eigenvalue weighted by molar-refractivity contribution is 5.94. The second-order valence-electron chi connectivity index (χ2n) is 4.19. The number of anilines is 1. The van der Waals surface area contributed by atoms with E-state index in [1.807, 2.05) is 0 Å². The predicted octanol–water partition coefficient (Wildman–Crippen LogP) is 1.14. The summed E-state index contributed by atoms with van der Waals surface area (Å²) in [7, 11) is 0. The van der Waals surface area contributed by atoms with E-state index in [4.69, 9.17) is 4.74 Å². The van der Waals surface area contributed by atoms with Gasteiger partial charge in [0.05, 0.1) is 24.1 Å². The molecule has 0 spiro atoms. The lowest BCUT2D eigenvalue weighted by Crippen LogP contribution is -2.14. The second-order valence-corrected chi connectivity index (χ2v) is 4.19. The van der Waals surface area contributed by atoms with Crippen LogP contribution in [-0.2, 0) is 14.3 Å². The number of ether oxygens (including phenoxy) is 1. The van der Waals surface area contributed by atoms with Crippen LogP contribution in [0.2, 0.25) is 0 Å². The van der Waals surface area contributed by atoms with E-state index in [9.17, 15) is 14.4 Å². The zero-order valence-electron chi connectivity index (χ0n) is 11.0. The lowest BCUT2D eigenvalue weighted by molar-refractivity contribution is -0.144. The number of aromatic nitrogens is 2. The van der Waals surface area contributed by atoms with Crippen LogP contribution in [0.15, 0.2) is 23.0 Å². The molecule has 0 unspecified atom stereocenters. The fourth-order valence-corrected chi connectivity index (χ4v) is 1.78. The molecule has 0 aliphatic rings. The van der Waals surface area contributed by atoms with Gasteiger partial charge in [-0.2, -0.15) is 0 Å². The van der Waals surface area contributed by atoms with Gasteiger partial charge >= 0.3 is 11.7 Å². The molecule has 3 N–H and O–H groups in total. The van der Waals surface area contributed by atoms with Crippen molar-refractivity contribution in [1.82, 2.24) is 9.97 Å². The number of benzene rings is 1. The number of rotatable bonds is 5. The van der Waals surface area contributed by atoms with Gasteiger partial charge in [-0.05, 0) is 25.1 Å². The summed E-state index contributed by atoms with van der Waals surface area (Å²) in [4.78, 5) is 39.1. The zero-order chi connectivity index (χ0) is 14.5. The summed E-state index contributed by atoms with van der Waals surface area (Å²) in [5.41, 5.74) is 1.53. The number of nitrogens with one attached hydrogen (secondary N) is 3. The number of imidazole rings is 1. The molecule has 2 rings (SSSR count). The average molecular weight is 277 g/mol. The number of carbonyl (C=O) groups excluding carboxylic acids is 2. The highest BCUT2D eigenvalue weighted by Crippen LogP contribution is 2.14. The molecule has 0 saturated heterocycles. The van der Waals surface area contributed by atoms with Gasteiger partial charge in [-0.25, -0.2) is 4.79 Å². The molecular formula is C13H15N3O4. The number of fused-ring (bicyclic) bond motifs is 1. The Morgan fingerprint density at radius 1 is 1.20 bits per heavy atom. The summed E-state index contributed by atoms with van der Waals surface area (Å²) >= 11 is 0. The number of carbonyl (C=O) groups is 2. The van der Waals surface area contributed by atoms with E-state index in [2.05, 4.69) is 15.3 Å². The third kappa shape index (κ3) is 3.47. The van der Waals surface area contributed by atoms with Gasteiger partial charge in [0.1, 0.15) is 0 Å². The van der Waals surface area contributed by atoms with Crippen molar-refractivity contribution in [1.29, 1.82) is 0 Å². The molecule has 7 nitrogen and oxygen atoms in total. The summed E-state index contributed by atoms with van der Waals surface area (Å²) in [6, 6.07) is 5.01. The standard InChI is InChI=1S/C13H15N3O4/c1-2-20-12(18)6-5-11(17)14-8-3-4-9-10(7-8)16-13(19)15-9/h3-4,7H,2,5-6H2,1H3,(H,14,17)(H2,15,16,19). The molecule has 0 radical (unpaired) electrons. The van der Waals surface area contributed by atoms with Crippen molar-refractivity contribution >= 4 is 28.6 Å². The molecule has 7 heteroatoms. The van der Waals surface area contributed by atoms with E-state index >= 15 is 0 Å². The van der Waals surface area contributed by atoms with Gasteiger partial charge in [0.2, 0.25) is 5.91 Å². The predicted molar refractivity (Wildman–Crippen MR) is 73.4 cm³/mol. The van der Waals surface area contributed by atoms with Gasteiger partial charge in [-0.15, -0.1) is 0 Å². The molecule has 0 aliphatic carbocycles. The number of aromatic amines is 2. The van der Waals surface area contributed by atoms with Crippen LogP contribution in [0.4, 0.5) is 5.69 Å². The molecule has 1 aromatic carbocycles. The lowest BCUT2D eigenvalue weighted by atomic mass is 10.2. The summed E-state index contributed by atoms with van der Waals surface area (Å²) in [6.45, 7) is 2.02. The molecule has 0 atom stereocenters. The van der Waals surface area contributed by atoms with E-state index in [-0.39, 0.29) is 24.4 Å². The second kappa shape index (κ2) is 6.05. The van der Waals surface area contributed by atoms with Crippen molar-refractivity contribution in [3.8, 4) is 0 Å². The molecule has 0 bridgehead atoms. The first-order valence-electron chi connectivity index (χ1n) is 6.26. The Morgan fingerprint density at radius 2 is 1.95 bits per heavy atom. The number of amides is 1. The van der Waals surface area contributed by atoms with Crippen molar-refractivity contribution in [2.24, 2.45) is 0 Å². The van der Waals surface area contributed by atoms with Gasteiger partial charge in [0.25, 0.3) is 0 Å². The summed E-state index contributed by atoms with van der Waals surface area (Å²) in [5.74, 6) is -0.677. The molecule has 0 saturated carbocycles. The van der Waals surface area contributed by atoms with Crippen LogP contribution < -0.4 is 11.0 Å². The first kappa shape index (κ1) is 13.9. The SMILES string of the molecule is CCOC(=O)CCC(=O)Nc1ccc2[nH]c(=O)[nH]c2c1. The Kier molecular flexibility index (Phi) is 4.19. The minimum Gasteiger partial charge on any atom is -0.466 e. The normalized spacial score (nSPS) is 10.4.